The monoisotopic (exact) mass is 218 g/mol. The van der Waals surface area contributed by atoms with E-state index in [1.807, 2.05) is 19.9 Å². The van der Waals surface area contributed by atoms with Crippen LogP contribution in [0.2, 0.25) is 0 Å². The zero-order valence-electron chi connectivity index (χ0n) is 9.88. The Kier molecular flexibility index (Phi) is 3.51. The largest absolute Gasteiger partial charge is 0.350 e. The van der Waals surface area contributed by atoms with Crippen LogP contribution in [0.4, 0.5) is 5.95 Å². The van der Waals surface area contributed by atoms with Crippen LogP contribution < -0.4 is 10.6 Å². The minimum atomic E-state index is 0.733. The van der Waals surface area contributed by atoms with Gasteiger partial charge in [-0.1, -0.05) is 11.6 Å². The Morgan fingerprint density at radius 1 is 1.31 bits per heavy atom. The van der Waals surface area contributed by atoms with Gasteiger partial charge in [-0.25, -0.2) is 9.97 Å². The maximum absolute atomic E-state index is 4.35. The predicted octanol–water partition coefficient (Wildman–Crippen LogP) is 1.43. The average Bonchev–Trinajstić information content (AvgIpc) is 2.27. The van der Waals surface area contributed by atoms with Gasteiger partial charge in [-0.2, -0.15) is 0 Å². The van der Waals surface area contributed by atoms with E-state index in [9.17, 15) is 0 Å². The van der Waals surface area contributed by atoms with Gasteiger partial charge in [0.2, 0.25) is 5.95 Å². The van der Waals surface area contributed by atoms with E-state index in [-0.39, 0.29) is 0 Å². The lowest BCUT2D eigenvalue weighted by atomic mass is 10.1. The Hall–Kier alpha value is -1.42. The van der Waals surface area contributed by atoms with Gasteiger partial charge in [-0.05, 0) is 32.9 Å². The summed E-state index contributed by atoms with van der Waals surface area (Å²) in [7, 11) is 0. The molecule has 1 aromatic rings. The molecule has 0 fully saturated rings. The van der Waals surface area contributed by atoms with Crippen LogP contribution in [0.25, 0.3) is 0 Å². The molecule has 0 aliphatic carbocycles. The molecule has 0 amide bonds. The molecular weight excluding hydrogens is 200 g/mol. The van der Waals surface area contributed by atoms with Gasteiger partial charge in [0.1, 0.15) is 0 Å². The lowest BCUT2D eigenvalue weighted by molar-refractivity contribution is 0.697. The Labute approximate surface area is 96.2 Å². The summed E-state index contributed by atoms with van der Waals surface area (Å²) in [6, 6.07) is 1.98. The number of nitrogens with one attached hydrogen (secondary N) is 2. The Balaban J connectivity index is 1.96. The van der Waals surface area contributed by atoms with E-state index in [1.54, 1.807) is 0 Å². The molecule has 0 atom stereocenters. The second-order valence-corrected chi connectivity index (χ2v) is 4.14. The fraction of sp³-hybridized carbons (Fsp3) is 0.500. The Bertz CT molecular complexity index is 378. The fourth-order valence-electron chi connectivity index (χ4n) is 1.83. The minimum Gasteiger partial charge on any atom is -0.350 e. The van der Waals surface area contributed by atoms with E-state index in [0.29, 0.717) is 0 Å². The molecule has 86 valence electrons. The first-order chi connectivity index (χ1) is 7.74. The SMILES string of the molecule is Cc1cc(C)nc(NCC2=CCNCC2)n1. The van der Waals surface area contributed by atoms with E-state index >= 15 is 0 Å². The van der Waals surface area contributed by atoms with Crippen molar-refractivity contribution in [2.24, 2.45) is 0 Å². The van der Waals surface area contributed by atoms with Crippen molar-refractivity contribution in [2.45, 2.75) is 20.3 Å². The maximum atomic E-state index is 4.35. The van der Waals surface area contributed by atoms with Crippen LogP contribution in [0.5, 0.6) is 0 Å². The van der Waals surface area contributed by atoms with E-state index in [1.165, 1.54) is 5.57 Å². The van der Waals surface area contributed by atoms with Gasteiger partial charge in [-0.3, -0.25) is 0 Å². The molecule has 0 aromatic carbocycles. The highest BCUT2D eigenvalue weighted by molar-refractivity contribution is 5.30. The number of hydrogen-bond donors (Lipinski definition) is 2. The van der Waals surface area contributed by atoms with Crippen LogP contribution in [0.3, 0.4) is 0 Å². The molecular formula is C12H18N4. The zero-order valence-corrected chi connectivity index (χ0v) is 9.88. The van der Waals surface area contributed by atoms with Crippen LogP contribution in [0, 0.1) is 13.8 Å². The highest BCUT2D eigenvalue weighted by Gasteiger charge is 2.04. The standard InChI is InChI=1S/C12H18N4/c1-9-7-10(2)16-12(15-9)14-8-11-3-5-13-6-4-11/h3,7,13H,4-6,8H2,1-2H3,(H,14,15,16). The maximum Gasteiger partial charge on any atom is 0.223 e. The quantitative estimate of drug-likeness (QED) is 0.753. The minimum absolute atomic E-state index is 0.733. The summed E-state index contributed by atoms with van der Waals surface area (Å²) in [4.78, 5) is 8.71. The first-order valence-electron chi connectivity index (χ1n) is 5.69. The van der Waals surface area contributed by atoms with Gasteiger partial charge in [0, 0.05) is 24.5 Å². The van der Waals surface area contributed by atoms with E-state index in [4.69, 9.17) is 0 Å². The lowest BCUT2D eigenvalue weighted by Crippen LogP contribution is -2.23. The third-order valence-electron chi connectivity index (χ3n) is 2.61. The predicted molar refractivity (Wildman–Crippen MR) is 65.6 cm³/mol. The van der Waals surface area contributed by atoms with Gasteiger partial charge in [0.15, 0.2) is 0 Å². The normalized spacial score (nSPS) is 15.8. The average molecular weight is 218 g/mol. The number of nitrogens with zero attached hydrogens (tertiary/aromatic N) is 2. The van der Waals surface area contributed by atoms with Crippen molar-refractivity contribution in [3.63, 3.8) is 0 Å². The summed E-state index contributed by atoms with van der Waals surface area (Å²) in [5.74, 6) is 0.733. The van der Waals surface area contributed by atoms with Crippen molar-refractivity contribution in [3.05, 3.63) is 29.1 Å². The molecule has 0 saturated heterocycles. The summed E-state index contributed by atoms with van der Waals surface area (Å²) in [5, 5.41) is 6.57. The van der Waals surface area contributed by atoms with E-state index < -0.39 is 0 Å². The summed E-state index contributed by atoms with van der Waals surface area (Å²) in [5.41, 5.74) is 3.45. The second-order valence-electron chi connectivity index (χ2n) is 4.14. The summed E-state index contributed by atoms with van der Waals surface area (Å²) in [6.45, 7) is 6.88. The van der Waals surface area contributed by atoms with Gasteiger partial charge in [-0.15, -0.1) is 0 Å². The fourth-order valence-corrected chi connectivity index (χ4v) is 1.83. The van der Waals surface area contributed by atoms with Crippen molar-refractivity contribution in [2.75, 3.05) is 25.0 Å². The van der Waals surface area contributed by atoms with Crippen LogP contribution in [-0.2, 0) is 0 Å². The van der Waals surface area contributed by atoms with Crippen molar-refractivity contribution in [3.8, 4) is 0 Å². The molecule has 1 aliphatic heterocycles. The van der Waals surface area contributed by atoms with Crippen molar-refractivity contribution in [1.82, 2.24) is 15.3 Å². The van der Waals surface area contributed by atoms with E-state index in [0.717, 1.165) is 43.4 Å². The van der Waals surface area contributed by atoms with Crippen LogP contribution >= 0.6 is 0 Å². The van der Waals surface area contributed by atoms with Crippen molar-refractivity contribution >= 4 is 5.95 Å². The molecule has 0 unspecified atom stereocenters. The molecule has 0 saturated carbocycles. The highest BCUT2D eigenvalue weighted by Crippen LogP contribution is 2.07. The third kappa shape index (κ3) is 3.03. The summed E-state index contributed by atoms with van der Waals surface area (Å²) < 4.78 is 0. The number of hydrogen-bond acceptors (Lipinski definition) is 4. The lowest BCUT2D eigenvalue weighted by Gasteiger charge is -2.14. The molecule has 4 nitrogen and oxygen atoms in total. The molecule has 2 N–H and O–H groups in total. The smallest absolute Gasteiger partial charge is 0.223 e. The number of rotatable bonds is 3. The van der Waals surface area contributed by atoms with Gasteiger partial charge < -0.3 is 10.6 Å². The molecule has 1 aromatic heterocycles. The van der Waals surface area contributed by atoms with Crippen LogP contribution in [0.15, 0.2) is 17.7 Å². The molecule has 1 aliphatic rings. The first kappa shape index (κ1) is 11.1. The molecule has 0 bridgehead atoms. The number of aromatic nitrogens is 2. The van der Waals surface area contributed by atoms with Gasteiger partial charge in [0.05, 0.1) is 0 Å². The zero-order chi connectivity index (χ0) is 11.4. The number of aryl methyl sites for hydroxylation is 2. The van der Waals surface area contributed by atoms with Gasteiger partial charge >= 0.3 is 0 Å². The second kappa shape index (κ2) is 5.07. The first-order valence-corrected chi connectivity index (χ1v) is 5.69. The molecule has 16 heavy (non-hydrogen) atoms. The molecule has 2 heterocycles. The highest BCUT2D eigenvalue weighted by atomic mass is 15.1. The molecule has 0 spiro atoms. The van der Waals surface area contributed by atoms with Crippen LogP contribution in [0.1, 0.15) is 17.8 Å². The van der Waals surface area contributed by atoms with Crippen molar-refractivity contribution < 1.29 is 0 Å². The summed E-state index contributed by atoms with van der Waals surface area (Å²) >= 11 is 0. The van der Waals surface area contributed by atoms with Crippen molar-refractivity contribution in [1.29, 1.82) is 0 Å². The van der Waals surface area contributed by atoms with Gasteiger partial charge in [0.25, 0.3) is 0 Å². The Morgan fingerprint density at radius 2 is 2.06 bits per heavy atom. The number of anilines is 1. The summed E-state index contributed by atoms with van der Waals surface area (Å²) in [6.07, 6.45) is 3.34. The third-order valence-corrected chi connectivity index (χ3v) is 2.61. The van der Waals surface area contributed by atoms with Crippen LogP contribution in [-0.4, -0.2) is 29.6 Å². The molecule has 0 radical (unpaired) electrons. The molecule has 2 rings (SSSR count). The topological polar surface area (TPSA) is 49.8 Å². The van der Waals surface area contributed by atoms with E-state index in [2.05, 4.69) is 26.7 Å². The molecule has 4 heteroatoms. The Morgan fingerprint density at radius 3 is 2.69 bits per heavy atom.